The van der Waals surface area contributed by atoms with Gasteiger partial charge in [0.1, 0.15) is 0 Å². The van der Waals surface area contributed by atoms with E-state index in [-0.39, 0.29) is 30.6 Å². The number of primary amides is 1. The van der Waals surface area contributed by atoms with Gasteiger partial charge in [-0.05, 0) is 31.7 Å². The minimum atomic E-state index is -0.312. The highest BCUT2D eigenvalue weighted by Crippen LogP contribution is 2.30. The maximum atomic E-state index is 11.2. The van der Waals surface area contributed by atoms with E-state index < -0.39 is 0 Å². The molecule has 4 nitrogen and oxygen atoms in total. The number of hydrogen-bond acceptors (Lipinski definition) is 4. The fraction of sp³-hybridized carbons (Fsp3) is 0.615. The lowest BCUT2D eigenvalue weighted by Crippen LogP contribution is -2.47. The molecule has 102 valence electrons. The quantitative estimate of drug-likeness (QED) is 0.791. The number of hydrogen-bond donors (Lipinski definition) is 2. The minimum absolute atomic E-state index is 0.00500. The van der Waals surface area contributed by atoms with Gasteiger partial charge in [-0.2, -0.15) is 0 Å². The number of amides is 1. The lowest BCUT2D eigenvalue weighted by atomic mass is 10.0. The van der Waals surface area contributed by atoms with E-state index in [4.69, 9.17) is 11.5 Å². The zero-order valence-corrected chi connectivity index (χ0v) is 12.1. The average molecular weight is 269 g/mol. The fourth-order valence-corrected chi connectivity index (χ4v) is 3.01. The van der Waals surface area contributed by atoms with Gasteiger partial charge in [0.25, 0.3) is 0 Å². The summed E-state index contributed by atoms with van der Waals surface area (Å²) in [5.41, 5.74) is 11.6. The van der Waals surface area contributed by atoms with Crippen molar-refractivity contribution in [2.24, 2.45) is 11.5 Å². The molecule has 0 fully saturated rings. The van der Waals surface area contributed by atoms with Gasteiger partial charge in [0.05, 0.1) is 12.6 Å². The van der Waals surface area contributed by atoms with Crippen molar-refractivity contribution in [3.8, 4) is 0 Å². The normalized spacial score (nSPS) is 15.0. The molecule has 1 heterocycles. The predicted molar refractivity (Wildman–Crippen MR) is 76.4 cm³/mol. The highest BCUT2D eigenvalue weighted by molar-refractivity contribution is 7.10. The molecule has 18 heavy (non-hydrogen) atoms. The molecule has 0 spiro atoms. The maximum absolute atomic E-state index is 11.2. The van der Waals surface area contributed by atoms with Crippen LogP contribution in [0.25, 0.3) is 0 Å². The first kappa shape index (κ1) is 15.1. The molecule has 0 aromatic carbocycles. The van der Waals surface area contributed by atoms with E-state index in [1.165, 1.54) is 4.88 Å². The lowest BCUT2D eigenvalue weighted by Gasteiger charge is -2.36. The Kier molecular flexibility index (Phi) is 5.78. The number of carbonyl (C=O) groups excluding carboxylic acids is 1. The molecule has 1 amide bonds. The summed E-state index contributed by atoms with van der Waals surface area (Å²) >= 11 is 1.67. The van der Waals surface area contributed by atoms with Crippen LogP contribution in [0.2, 0.25) is 0 Å². The van der Waals surface area contributed by atoms with Crippen LogP contribution in [0.4, 0.5) is 0 Å². The summed E-state index contributed by atoms with van der Waals surface area (Å²) in [6.07, 6.45) is 0.866. The molecule has 0 bridgehead atoms. The zero-order valence-electron chi connectivity index (χ0n) is 11.3. The second-order valence-corrected chi connectivity index (χ2v) is 5.74. The third-order valence-corrected chi connectivity index (χ3v) is 4.01. The van der Waals surface area contributed by atoms with Crippen LogP contribution >= 0.6 is 11.3 Å². The van der Waals surface area contributed by atoms with Crippen LogP contribution in [0.15, 0.2) is 17.5 Å². The van der Waals surface area contributed by atoms with Gasteiger partial charge in [-0.25, -0.2) is 0 Å². The van der Waals surface area contributed by atoms with Gasteiger partial charge in [-0.15, -0.1) is 11.3 Å². The van der Waals surface area contributed by atoms with Crippen LogP contribution in [0, 0.1) is 0 Å². The highest BCUT2D eigenvalue weighted by Gasteiger charge is 2.29. The van der Waals surface area contributed by atoms with Crippen LogP contribution in [0.5, 0.6) is 0 Å². The van der Waals surface area contributed by atoms with Crippen molar-refractivity contribution in [1.29, 1.82) is 0 Å². The zero-order chi connectivity index (χ0) is 13.7. The van der Waals surface area contributed by atoms with Crippen molar-refractivity contribution < 1.29 is 4.79 Å². The second-order valence-electron chi connectivity index (χ2n) is 4.76. The molecule has 0 radical (unpaired) electrons. The Hall–Kier alpha value is -0.910. The molecule has 0 aliphatic heterocycles. The summed E-state index contributed by atoms with van der Waals surface area (Å²) in [7, 11) is 0. The van der Waals surface area contributed by atoms with Crippen molar-refractivity contribution in [3.63, 3.8) is 0 Å². The van der Waals surface area contributed by atoms with Crippen LogP contribution in [-0.4, -0.2) is 29.4 Å². The number of carbonyl (C=O) groups is 1. The second kappa shape index (κ2) is 6.87. The summed E-state index contributed by atoms with van der Waals surface area (Å²) < 4.78 is 0. The molecule has 0 saturated heterocycles. The molecule has 1 aromatic rings. The Morgan fingerprint density at radius 1 is 1.50 bits per heavy atom. The molecule has 2 unspecified atom stereocenters. The van der Waals surface area contributed by atoms with Crippen molar-refractivity contribution >= 4 is 17.2 Å². The third kappa shape index (κ3) is 3.80. The van der Waals surface area contributed by atoms with E-state index in [9.17, 15) is 4.79 Å². The first-order valence-corrected chi connectivity index (χ1v) is 7.18. The summed E-state index contributed by atoms with van der Waals surface area (Å²) in [5, 5.41) is 2.04. The summed E-state index contributed by atoms with van der Waals surface area (Å²) in [6, 6.07) is 4.37. The Labute approximate surface area is 113 Å². The van der Waals surface area contributed by atoms with E-state index in [0.717, 1.165) is 6.42 Å². The number of thiophene rings is 1. The number of rotatable bonds is 7. The first-order valence-electron chi connectivity index (χ1n) is 6.30. The Morgan fingerprint density at radius 2 is 2.17 bits per heavy atom. The van der Waals surface area contributed by atoms with Gasteiger partial charge < -0.3 is 11.5 Å². The molecular weight excluding hydrogens is 246 g/mol. The van der Waals surface area contributed by atoms with E-state index in [1.54, 1.807) is 11.3 Å². The average Bonchev–Trinajstić information content (AvgIpc) is 2.80. The summed E-state index contributed by atoms with van der Waals surface area (Å²) in [5.74, 6) is -0.312. The van der Waals surface area contributed by atoms with E-state index >= 15 is 0 Å². The van der Waals surface area contributed by atoms with Gasteiger partial charge >= 0.3 is 0 Å². The minimum Gasteiger partial charge on any atom is -0.369 e. The van der Waals surface area contributed by atoms with Crippen LogP contribution in [-0.2, 0) is 4.79 Å². The van der Waals surface area contributed by atoms with Gasteiger partial charge in [-0.1, -0.05) is 13.0 Å². The van der Waals surface area contributed by atoms with Gasteiger partial charge in [-0.3, -0.25) is 9.69 Å². The summed E-state index contributed by atoms with van der Waals surface area (Å²) in [4.78, 5) is 14.5. The smallest absolute Gasteiger partial charge is 0.231 e. The third-order valence-electron chi connectivity index (χ3n) is 3.07. The first-order chi connectivity index (χ1) is 8.47. The van der Waals surface area contributed by atoms with Crippen LogP contribution in [0.3, 0.4) is 0 Å². The van der Waals surface area contributed by atoms with Gasteiger partial charge in [0.15, 0.2) is 0 Å². The van der Waals surface area contributed by atoms with Crippen molar-refractivity contribution in [1.82, 2.24) is 4.90 Å². The maximum Gasteiger partial charge on any atom is 0.231 e. The number of nitrogens with zero attached hydrogens (tertiary/aromatic N) is 1. The lowest BCUT2D eigenvalue weighted by molar-refractivity contribution is -0.120. The molecule has 4 N–H and O–H groups in total. The van der Waals surface area contributed by atoms with Crippen molar-refractivity contribution in [2.45, 2.75) is 45.3 Å². The standard InChI is InChI=1S/C13H23N3OS/c1-4-10(14)13(11-6-5-7-18-11)16(9(2)3)8-12(15)17/h5-7,9-10,13H,4,8,14H2,1-3H3,(H2,15,17). The number of nitrogens with two attached hydrogens (primary N) is 2. The SMILES string of the molecule is CCC(N)C(c1cccs1)N(CC(N)=O)C(C)C. The van der Waals surface area contributed by atoms with Crippen LogP contribution < -0.4 is 11.5 Å². The Bertz CT molecular complexity index is 364. The van der Waals surface area contributed by atoms with E-state index in [1.807, 2.05) is 11.4 Å². The Morgan fingerprint density at radius 3 is 2.56 bits per heavy atom. The largest absolute Gasteiger partial charge is 0.369 e. The van der Waals surface area contributed by atoms with Crippen molar-refractivity contribution in [3.05, 3.63) is 22.4 Å². The molecule has 2 atom stereocenters. The van der Waals surface area contributed by atoms with E-state index in [2.05, 4.69) is 31.7 Å². The molecule has 5 heteroatoms. The topological polar surface area (TPSA) is 72.3 Å². The molecule has 0 aliphatic carbocycles. The summed E-state index contributed by atoms with van der Waals surface area (Å²) in [6.45, 7) is 6.43. The monoisotopic (exact) mass is 269 g/mol. The highest BCUT2D eigenvalue weighted by atomic mass is 32.1. The van der Waals surface area contributed by atoms with Gasteiger partial charge in [0, 0.05) is 17.0 Å². The fourth-order valence-electron chi connectivity index (χ4n) is 2.09. The molecular formula is C13H23N3OS. The van der Waals surface area contributed by atoms with Crippen molar-refractivity contribution in [2.75, 3.05) is 6.54 Å². The predicted octanol–water partition coefficient (Wildman–Crippen LogP) is 1.72. The molecule has 0 aliphatic rings. The molecule has 0 saturated carbocycles. The Balaban J connectivity index is 3.02. The molecule has 1 aromatic heterocycles. The molecule has 1 rings (SSSR count). The van der Waals surface area contributed by atoms with E-state index in [0.29, 0.717) is 0 Å². The van der Waals surface area contributed by atoms with Gasteiger partial charge in [0.2, 0.25) is 5.91 Å². The van der Waals surface area contributed by atoms with Crippen LogP contribution in [0.1, 0.15) is 38.1 Å².